The van der Waals surface area contributed by atoms with E-state index in [1.165, 1.54) is 0 Å². The minimum Gasteiger partial charge on any atom is -0.543 e. The zero-order chi connectivity index (χ0) is 22.4. The van der Waals surface area contributed by atoms with Gasteiger partial charge in [0.15, 0.2) is 9.84 Å². The van der Waals surface area contributed by atoms with Crippen LogP contribution in [-0.4, -0.2) is 69.3 Å². The predicted molar refractivity (Wildman–Crippen MR) is 102 cm³/mol. The molecular weight excluding hydrogens is 402 g/mol. The minimum absolute atomic E-state index is 0.0693. The molecule has 10 nitrogen and oxygen atoms in total. The van der Waals surface area contributed by atoms with Gasteiger partial charge < -0.3 is 35.3 Å². The molecule has 2 amide bonds. The van der Waals surface area contributed by atoms with Crippen molar-refractivity contribution < 1.29 is 33.0 Å². The maximum atomic E-state index is 12.3. The highest BCUT2D eigenvalue weighted by Gasteiger charge is 2.21. The quantitative estimate of drug-likeness (QED) is 0.336. The van der Waals surface area contributed by atoms with E-state index in [4.69, 9.17) is 19.8 Å². The summed E-state index contributed by atoms with van der Waals surface area (Å²) in [6.07, 6.45) is 0. The highest BCUT2D eigenvalue weighted by atomic mass is 32.2. The maximum Gasteiger partial charge on any atom is 0.317 e. The number of carboxylic acid groups (broad SMARTS) is 2. The molecule has 0 saturated heterocycles. The third-order valence-corrected chi connectivity index (χ3v) is 5.29. The van der Waals surface area contributed by atoms with E-state index in [2.05, 4.69) is 10.6 Å². The fraction of sp³-hybridized carbons (Fsp3) is 0.500. The summed E-state index contributed by atoms with van der Waals surface area (Å²) in [6.45, 7) is 7.97. The average Bonchev–Trinajstić information content (AvgIpc) is 2.66. The van der Waals surface area contributed by atoms with E-state index in [9.17, 15) is 13.2 Å². The summed E-state index contributed by atoms with van der Waals surface area (Å²) in [5, 5.41) is 23.8. The zero-order valence-electron chi connectivity index (χ0n) is 16.7. The van der Waals surface area contributed by atoms with Gasteiger partial charge in [0.25, 0.3) is 0 Å². The number of aliphatic carboxylic acids is 2. The van der Waals surface area contributed by atoms with Crippen LogP contribution in [-0.2, 0) is 19.4 Å². The molecule has 0 fully saturated rings. The molecule has 0 saturated carbocycles. The molecule has 0 atom stereocenters. The smallest absolute Gasteiger partial charge is 0.317 e. The summed E-state index contributed by atoms with van der Waals surface area (Å²) in [5.74, 6) is -4.46. The molecule has 0 aromatic heterocycles. The van der Waals surface area contributed by atoms with E-state index in [-0.39, 0.29) is 29.3 Å². The Kier molecular flexibility index (Phi) is 12.3. The second kappa shape index (κ2) is 13.5. The number of urea groups is 1. The van der Waals surface area contributed by atoms with E-state index in [0.717, 1.165) is 6.54 Å². The molecule has 164 valence electrons. The average molecular weight is 429 g/mol. The van der Waals surface area contributed by atoms with E-state index in [1.807, 2.05) is 20.8 Å². The Hall–Kier alpha value is -2.66. The van der Waals surface area contributed by atoms with E-state index >= 15 is 0 Å². The van der Waals surface area contributed by atoms with E-state index in [1.54, 1.807) is 35.2 Å². The van der Waals surface area contributed by atoms with Gasteiger partial charge in [-0.05, 0) is 32.5 Å². The second-order valence-electron chi connectivity index (χ2n) is 6.08. The van der Waals surface area contributed by atoms with Gasteiger partial charge in [-0.2, -0.15) is 0 Å². The predicted octanol–water partition coefficient (Wildman–Crippen LogP) is -2.02. The third kappa shape index (κ3) is 11.1. The molecule has 1 rings (SSSR count). The Morgan fingerprint density at radius 3 is 2.03 bits per heavy atom. The van der Waals surface area contributed by atoms with Crippen molar-refractivity contribution in [2.24, 2.45) is 0 Å². The molecule has 0 aliphatic rings. The van der Waals surface area contributed by atoms with Gasteiger partial charge in [-0.25, -0.2) is 13.2 Å². The van der Waals surface area contributed by atoms with Gasteiger partial charge in [0.05, 0.1) is 22.6 Å². The first kappa shape index (κ1) is 26.3. The van der Waals surface area contributed by atoms with Gasteiger partial charge in [-0.15, -0.1) is 0 Å². The van der Waals surface area contributed by atoms with E-state index < -0.39 is 21.8 Å². The van der Waals surface area contributed by atoms with Gasteiger partial charge in [0.2, 0.25) is 0 Å². The summed E-state index contributed by atoms with van der Waals surface area (Å²) in [4.78, 5) is 31.9. The van der Waals surface area contributed by atoms with Gasteiger partial charge in [-0.3, -0.25) is 0 Å². The summed E-state index contributed by atoms with van der Waals surface area (Å²) in [7, 11) is -3.39. The van der Waals surface area contributed by atoms with Crippen molar-refractivity contribution in [1.82, 2.24) is 15.5 Å². The molecule has 0 spiro atoms. The Morgan fingerprint density at radius 2 is 1.59 bits per heavy atom. The molecule has 0 aliphatic heterocycles. The van der Waals surface area contributed by atoms with Crippen LogP contribution in [0, 0.1) is 0 Å². The highest BCUT2D eigenvalue weighted by molar-refractivity contribution is 7.91. The molecule has 0 heterocycles. The maximum absolute atomic E-state index is 12.3. The monoisotopic (exact) mass is 429 g/mol. The zero-order valence-corrected chi connectivity index (χ0v) is 17.5. The lowest BCUT2D eigenvalue weighted by molar-refractivity contribution is -0.345. The Morgan fingerprint density at radius 1 is 1.03 bits per heavy atom. The number of rotatable bonds is 9. The SMILES string of the molecule is CCNCCNC(=O)N(CCS(=O)(=O)c1ccccc1)C(C)C.O=C([O-])C(=O)[O-]. The largest absolute Gasteiger partial charge is 0.543 e. The molecule has 0 aliphatic carbocycles. The number of carbonyl (C=O) groups is 3. The number of nitrogens with one attached hydrogen (secondary N) is 2. The Balaban J connectivity index is 0.00000113. The fourth-order valence-corrected chi connectivity index (χ4v) is 3.34. The van der Waals surface area contributed by atoms with Crippen LogP contribution in [0.4, 0.5) is 4.79 Å². The molecule has 2 N–H and O–H groups in total. The van der Waals surface area contributed by atoms with Crippen molar-refractivity contribution in [1.29, 1.82) is 0 Å². The van der Waals surface area contributed by atoms with Gasteiger partial charge in [0.1, 0.15) is 0 Å². The summed E-state index contributed by atoms with van der Waals surface area (Å²) >= 11 is 0. The molecule has 1 aromatic carbocycles. The lowest BCUT2D eigenvalue weighted by Crippen LogP contribution is -2.47. The first-order valence-corrected chi connectivity index (χ1v) is 10.6. The van der Waals surface area contributed by atoms with Crippen molar-refractivity contribution in [3.05, 3.63) is 30.3 Å². The fourth-order valence-electron chi connectivity index (χ4n) is 2.09. The standard InChI is InChI=1S/C16H27N3O3S.C2H2O4/c1-4-17-10-11-18-16(20)19(14(2)3)12-13-23(21,22)15-8-6-5-7-9-15;3-1(4)2(5)6/h5-9,14,17H,4,10-13H2,1-3H3,(H,18,20);(H,3,4)(H,5,6)/p-2. The van der Waals surface area contributed by atoms with E-state index in [0.29, 0.717) is 13.1 Å². The number of hydrogen-bond donors (Lipinski definition) is 2. The van der Waals surface area contributed by atoms with Crippen LogP contribution in [0.2, 0.25) is 0 Å². The van der Waals surface area contributed by atoms with Crippen molar-refractivity contribution in [2.45, 2.75) is 31.7 Å². The molecule has 11 heteroatoms. The van der Waals surface area contributed by atoms with Crippen molar-refractivity contribution in [3.8, 4) is 0 Å². The Labute approximate surface area is 170 Å². The first-order valence-electron chi connectivity index (χ1n) is 8.98. The van der Waals surface area contributed by atoms with Gasteiger partial charge in [-0.1, -0.05) is 25.1 Å². The van der Waals surface area contributed by atoms with Crippen LogP contribution in [0.1, 0.15) is 20.8 Å². The molecular formula is C18H27N3O7S-2. The molecule has 0 radical (unpaired) electrons. The third-order valence-electron chi connectivity index (χ3n) is 3.58. The van der Waals surface area contributed by atoms with Crippen LogP contribution in [0.15, 0.2) is 35.2 Å². The number of hydrogen-bond acceptors (Lipinski definition) is 8. The minimum atomic E-state index is -3.39. The second-order valence-corrected chi connectivity index (χ2v) is 8.19. The number of likely N-dealkylation sites (N-methyl/N-ethyl adjacent to an activating group) is 1. The van der Waals surface area contributed by atoms with Crippen molar-refractivity contribution >= 4 is 27.8 Å². The first-order chi connectivity index (χ1) is 13.5. The van der Waals surface area contributed by atoms with Crippen molar-refractivity contribution in [2.75, 3.05) is 31.9 Å². The van der Waals surface area contributed by atoms with Crippen molar-refractivity contribution in [3.63, 3.8) is 0 Å². The number of benzene rings is 1. The van der Waals surface area contributed by atoms with Crippen LogP contribution >= 0.6 is 0 Å². The molecule has 1 aromatic rings. The van der Waals surface area contributed by atoms with Crippen LogP contribution in [0.25, 0.3) is 0 Å². The normalized spacial score (nSPS) is 10.6. The summed E-state index contributed by atoms with van der Waals surface area (Å²) in [5.41, 5.74) is 0. The number of carbonyl (C=O) groups excluding carboxylic acids is 3. The molecule has 29 heavy (non-hydrogen) atoms. The summed E-state index contributed by atoms with van der Waals surface area (Å²) < 4.78 is 24.6. The van der Waals surface area contributed by atoms with Crippen LogP contribution in [0.5, 0.6) is 0 Å². The lowest BCUT2D eigenvalue weighted by Gasteiger charge is -2.27. The number of nitrogens with zero attached hydrogens (tertiary/aromatic N) is 1. The van der Waals surface area contributed by atoms with Gasteiger partial charge in [0, 0.05) is 25.7 Å². The summed E-state index contributed by atoms with van der Waals surface area (Å²) in [6, 6.07) is 8.01. The Bertz CT molecular complexity index is 740. The number of carboxylic acids is 2. The van der Waals surface area contributed by atoms with Crippen LogP contribution in [0.3, 0.4) is 0 Å². The number of sulfone groups is 1. The molecule has 0 unspecified atom stereocenters. The van der Waals surface area contributed by atoms with Gasteiger partial charge >= 0.3 is 6.03 Å². The molecule has 0 bridgehead atoms. The van der Waals surface area contributed by atoms with Crippen LogP contribution < -0.4 is 20.8 Å². The topological polar surface area (TPSA) is 159 Å². The lowest BCUT2D eigenvalue weighted by atomic mass is 10.3. The highest BCUT2D eigenvalue weighted by Crippen LogP contribution is 2.11. The number of amides is 2.